The highest BCUT2D eigenvalue weighted by molar-refractivity contribution is 5.82. The van der Waals surface area contributed by atoms with Crippen molar-refractivity contribution in [3.05, 3.63) is 0 Å². The first-order valence-corrected chi connectivity index (χ1v) is 7.08. The maximum absolute atomic E-state index is 11.7. The number of carbonyl (C=O) groups excluding carboxylic acids is 1. The van der Waals surface area contributed by atoms with Gasteiger partial charge in [0.15, 0.2) is 0 Å². The number of aliphatic hydroxyl groups excluding tert-OH is 1. The van der Waals surface area contributed by atoms with E-state index in [-0.39, 0.29) is 31.4 Å². The van der Waals surface area contributed by atoms with E-state index in [1.54, 1.807) is 0 Å². The van der Waals surface area contributed by atoms with Crippen molar-refractivity contribution in [1.29, 1.82) is 0 Å². The zero-order valence-corrected chi connectivity index (χ0v) is 11.7. The standard InChI is InChI=1S/C13H22N2O6/c16-9-6-4-8(5-7-9)14-13(21)15-10(12(19)20)2-1-3-11(17)18/h8-10,16H,1-7H2,(H,17,18)(H,19,20)(H2,14,15,21)/t8?,9?,10-/m1/s1. The van der Waals surface area contributed by atoms with Gasteiger partial charge in [0.25, 0.3) is 0 Å². The van der Waals surface area contributed by atoms with Crippen LogP contribution in [0.3, 0.4) is 0 Å². The molecule has 0 unspecified atom stereocenters. The highest BCUT2D eigenvalue weighted by atomic mass is 16.4. The largest absolute Gasteiger partial charge is 0.481 e. The molecule has 1 atom stereocenters. The van der Waals surface area contributed by atoms with E-state index < -0.39 is 24.0 Å². The van der Waals surface area contributed by atoms with Gasteiger partial charge in [0.1, 0.15) is 6.04 Å². The SMILES string of the molecule is O=C(O)CCC[C@@H](NC(=O)NC1CCC(O)CC1)C(=O)O. The summed E-state index contributed by atoms with van der Waals surface area (Å²) in [6.07, 6.45) is 2.34. The topological polar surface area (TPSA) is 136 Å². The van der Waals surface area contributed by atoms with Crippen molar-refractivity contribution in [2.24, 2.45) is 0 Å². The first-order valence-electron chi connectivity index (χ1n) is 7.08. The van der Waals surface area contributed by atoms with E-state index in [2.05, 4.69) is 10.6 Å². The van der Waals surface area contributed by atoms with Crippen molar-refractivity contribution in [2.45, 2.75) is 63.1 Å². The van der Waals surface area contributed by atoms with Gasteiger partial charge in [-0.25, -0.2) is 9.59 Å². The van der Waals surface area contributed by atoms with Crippen molar-refractivity contribution in [3.63, 3.8) is 0 Å². The molecule has 0 saturated heterocycles. The minimum atomic E-state index is -1.19. The van der Waals surface area contributed by atoms with Gasteiger partial charge in [-0.15, -0.1) is 0 Å². The third kappa shape index (κ3) is 6.94. The van der Waals surface area contributed by atoms with Crippen LogP contribution in [-0.2, 0) is 9.59 Å². The molecule has 1 saturated carbocycles. The Bertz CT molecular complexity index is 379. The van der Waals surface area contributed by atoms with Crippen molar-refractivity contribution in [2.75, 3.05) is 0 Å². The number of carboxylic acid groups (broad SMARTS) is 2. The van der Waals surface area contributed by atoms with E-state index in [1.807, 2.05) is 0 Å². The lowest BCUT2D eigenvalue weighted by atomic mass is 9.93. The number of carboxylic acids is 2. The van der Waals surface area contributed by atoms with Crippen molar-refractivity contribution in [3.8, 4) is 0 Å². The number of aliphatic carboxylic acids is 2. The van der Waals surface area contributed by atoms with Gasteiger partial charge in [-0.2, -0.15) is 0 Å². The number of carbonyl (C=O) groups is 3. The lowest BCUT2D eigenvalue weighted by molar-refractivity contribution is -0.140. The van der Waals surface area contributed by atoms with E-state index in [4.69, 9.17) is 10.2 Å². The normalized spacial score (nSPS) is 23.1. The summed E-state index contributed by atoms with van der Waals surface area (Å²) in [5.74, 6) is -2.18. The quantitative estimate of drug-likeness (QED) is 0.459. The molecule has 0 aromatic heterocycles. The highest BCUT2D eigenvalue weighted by Gasteiger charge is 2.24. The molecule has 1 rings (SSSR count). The van der Waals surface area contributed by atoms with Crippen LogP contribution in [0, 0.1) is 0 Å². The summed E-state index contributed by atoms with van der Waals surface area (Å²) in [4.78, 5) is 33.2. The van der Waals surface area contributed by atoms with Crippen LogP contribution >= 0.6 is 0 Å². The van der Waals surface area contributed by atoms with Crippen LogP contribution in [0.4, 0.5) is 4.79 Å². The van der Waals surface area contributed by atoms with Gasteiger partial charge in [0.2, 0.25) is 0 Å². The van der Waals surface area contributed by atoms with Crippen LogP contribution in [0.1, 0.15) is 44.9 Å². The lowest BCUT2D eigenvalue weighted by Gasteiger charge is -2.26. The van der Waals surface area contributed by atoms with Crippen molar-refractivity contribution >= 4 is 18.0 Å². The van der Waals surface area contributed by atoms with E-state index in [0.717, 1.165) is 0 Å². The van der Waals surface area contributed by atoms with Crippen LogP contribution in [0.25, 0.3) is 0 Å². The third-order valence-electron chi connectivity index (χ3n) is 3.52. The molecule has 0 aromatic rings. The Labute approximate surface area is 122 Å². The molecule has 5 N–H and O–H groups in total. The average molecular weight is 302 g/mol. The number of aliphatic hydroxyl groups is 1. The van der Waals surface area contributed by atoms with E-state index in [1.165, 1.54) is 0 Å². The predicted octanol–water partition coefficient (Wildman–Crippen LogP) is 0.297. The van der Waals surface area contributed by atoms with Gasteiger partial charge >= 0.3 is 18.0 Å². The van der Waals surface area contributed by atoms with Crippen LogP contribution in [0.5, 0.6) is 0 Å². The van der Waals surface area contributed by atoms with E-state index in [9.17, 15) is 19.5 Å². The molecule has 21 heavy (non-hydrogen) atoms. The van der Waals surface area contributed by atoms with Gasteiger partial charge in [0.05, 0.1) is 6.10 Å². The molecule has 0 bridgehead atoms. The zero-order valence-electron chi connectivity index (χ0n) is 11.7. The summed E-state index contributed by atoms with van der Waals surface area (Å²) in [7, 11) is 0. The maximum atomic E-state index is 11.7. The second kappa shape index (κ2) is 8.46. The molecule has 0 radical (unpaired) electrons. The van der Waals surface area contributed by atoms with Gasteiger partial charge in [0, 0.05) is 12.5 Å². The van der Waals surface area contributed by atoms with Crippen LogP contribution in [-0.4, -0.2) is 51.5 Å². The molecule has 8 heteroatoms. The second-order valence-electron chi connectivity index (χ2n) is 5.30. The summed E-state index contributed by atoms with van der Waals surface area (Å²) in [5, 5.41) is 31.9. The summed E-state index contributed by atoms with van der Waals surface area (Å²) in [6, 6.07) is -1.74. The number of nitrogens with one attached hydrogen (secondary N) is 2. The minimum absolute atomic E-state index is 0.0677. The fraction of sp³-hybridized carbons (Fsp3) is 0.769. The summed E-state index contributed by atoms with van der Waals surface area (Å²) < 4.78 is 0. The Kier molecular flexibility index (Phi) is 6.93. The molecule has 0 aliphatic heterocycles. The molecule has 1 aliphatic carbocycles. The Balaban J connectivity index is 2.34. The van der Waals surface area contributed by atoms with Crippen LogP contribution < -0.4 is 10.6 Å². The van der Waals surface area contributed by atoms with Crippen molar-refractivity contribution < 1.29 is 29.7 Å². The number of urea groups is 1. The van der Waals surface area contributed by atoms with Gasteiger partial charge < -0.3 is 26.0 Å². The van der Waals surface area contributed by atoms with Crippen LogP contribution in [0.2, 0.25) is 0 Å². The first-order chi connectivity index (χ1) is 9.88. The molecule has 120 valence electrons. The Hall–Kier alpha value is -1.83. The molecule has 8 nitrogen and oxygen atoms in total. The molecule has 0 aromatic carbocycles. The smallest absolute Gasteiger partial charge is 0.326 e. The highest BCUT2D eigenvalue weighted by Crippen LogP contribution is 2.18. The number of amides is 2. The van der Waals surface area contributed by atoms with Gasteiger partial charge in [-0.05, 0) is 38.5 Å². The molecular weight excluding hydrogens is 280 g/mol. The molecule has 0 spiro atoms. The monoisotopic (exact) mass is 302 g/mol. The third-order valence-corrected chi connectivity index (χ3v) is 3.52. The second-order valence-corrected chi connectivity index (χ2v) is 5.30. The molecular formula is C13H22N2O6. The summed E-state index contributed by atoms with van der Waals surface area (Å²) in [5.41, 5.74) is 0. The first kappa shape index (κ1) is 17.2. The number of hydrogen-bond donors (Lipinski definition) is 5. The molecule has 0 heterocycles. The minimum Gasteiger partial charge on any atom is -0.481 e. The molecule has 1 aliphatic rings. The number of rotatable bonds is 7. The van der Waals surface area contributed by atoms with Gasteiger partial charge in [-0.3, -0.25) is 4.79 Å². The zero-order chi connectivity index (χ0) is 15.8. The van der Waals surface area contributed by atoms with Crippen LogP contribution in [0.15, 0.2) is 0 Å². The fourth-order valence-corrected chi connectivity index (χ4v) is 2.32. The number of hydrogen-bond acceptors (Lipinski definition) is 4. The average Bonchev–Trinajstić information content (AvgIpc) is 2.39. The Morgan fingerprint density at radius 1 is 1.10 bits per heavy atom. The summed E-state index contributed by atoms with van der Waals surface area (Å²) >= 11 is 0. The fourth-order valence-electron chi connectivity index (χ4n) is 2.32. The Morgan fingerprint density at radius 3 is 2.24 bits per heavy atom. The Morgan fingerprint density at radius 2 is 1.71 bits per heavy atom. The maximum Gasteiger partial charge on any atom is 0.326 e. The van der Waals surface area contributed by atoms with E-state index in [0.29, 0.717) is 25.7 Å². The molecule has 1 fully saturated rings. The van der Waals surface area contributed by atoms with Crippen molar-refractivity contribution in [1.82, 2.24) is 10.6 Å². The summed E-state index contributed by atoms with van der Waals surface area (Å²) in [6.45, 7) is 0. The lowest BCUT2D eigenvalue weighted by Crippen LogP contribution is -2.49. The molecule has 2 amide bonds. The van der Waals surface area contributed by atoms with Gasteiger partial charge in [-0.1, -0.05) is 0 Å². The predicted molar refractivity (Wildman–Crippen MR) is 72.8 cm³/mol. The van der Waals surface area contributed by atoms with E-state index >= 15 is 0 Å².